The van der Waals surface area contributed by atoms with Crippen LogP contribution in [0.2, 0.25) is 0 Å². The number of aromatic nitrogens is 1. The van der Waals surface area contributed by atoms with E-state index in [1.807, 2.05) is 24.3 Å². The van der Waals surface area contributed by atoms with E-state index >= 15 is 0 Å². The van der Waals surface area contributed by atoms with E-state index in [1.54, 1.807) is 7.11 Å². The number of aryl methyl sites for hydroxylation is 1. The first-order chi connectivity index (χ1) is 11.8. The number of hydrogen-bond acceptors (Lipinski definition) is 3. The second-order valence-corrected chi connectivity index (χ2v) is 6.04. The molecule has 0 spiro atoms. The lowest BCUT2D eigenvalue weighted by molar-refractivity contribution is 0.130. The molecule has 0 radical (unpaired) electrons. The Morgan fingerprint density at radius 1 is 1.04 bits per heavy atom. The molecule has 3 aromatic rings. The maximum Gasteiger partial charge on any atom is 0.142 e. The molecule has 4 heteroatoms. The first-order valence-corrected chi connectivity index (χ1v) is 8.27. The van der Waals surface area contributed by atoms with Crippen molar-refractivity contribution in [2.24, 2.45) is 5.16 Å². The standard InChI is InChI=1S/C20H20N2O2/c1-23-15-11-9-14(10-12-15)13-24-22-19-8-4-7-18-20(19)16-5-2-3-6-17(16)21-18/h2-3,5-6,9-12,21H,4,7-8,13H2,1H3. The lowest BCUT2D eigenvalue weighted by Gasteiger charge is -2.14. The lowest BCUT2D eigenvalue weighted by atomic mass is 9.94. The summed E-state index contributed by atoms with van der Waals surface area (Å²) in [5.41, 5.74) is 5.80. The normalized spacial score (nSPS) is 15.5. The Labute approximate surface area is 141 Å². The van der Waals surface area contributed by atoms with Gasteiger partial charge in [-0.25, -0.2) is 0 Å². The molecule has 4 nitrogen and oxygen atoms in total. The van der Waals surface area contributed by atoms with Crippen molar-refractivity contribution in [3.63, 3.8) is 0 Å². The Hall–Kier alpha value is -2.75. The van der Waals surface area contributed by atoms with Crippen LogP contribution in [0.3, 0.4) is 0 Å². The number of fused-ring (bicyclic) bond motifs is 3. The van der Waals surface area contributed by atoms with Crippen LogP contribution in [0.1, 0.15) is 29.7 Å². The summed E-state index contributed by atoms with van der Waals surface area (Å²) in [6, 6.07) is 16.3. The molecule has 122 valence electrons. The Morgan fingerprint density at radius 3 is 2.71 bits per heavy atom. The number of nitrogens with zero attached hydrogens (tertiary/aromatic N) is 1. The van der Waals surface area contributed by atoms with E-state index in [4.69, 9.17) is 9.57 Å². The van der Waals surface area contributed by atoms with Gasteiger partial charge in [-0.1, -0.05) is 35.5 Å². The molecule has 0 fully saturated rings. The van der Waals surface area contributed by atoms with Gasteiger partial charge in [-0.3, -0.25) is 0 Å². The number of para-hydroxylation sites is 1. The molecule has 1 aliphatic rings. The fourth-order valence-electron chi connectivity index (χ4n) is 3.27. The van der Waals surface area contributed by atoms with E-state index in [-0.39, 0.29) is 0 Å². The van der Waals surface area contributed by atoms with Crippen LogP contribution in [-0.2, 0) is 17.9 Å². The Morgan fingerprint density at radius 2 is 1.88 bits per heavy atom. The molecule has 0 bridgehead atoms. The van der Waals surface area contributed by atoms with Gasteiger partial charge in [0.05, 0.1) is 12.8 Å². The molecule has 1 aromatic heterocycles. The summed E-state index contributed by atoms with van der Waals surface area (Å²) in [5.74, 6) is 0.848. The highest BCUT2D eigenvalue weighted by atomic mass is 16.6. The van der Waals surface area contributed by atoms with Crippen molar-refractivity contribution in [2.45, 2.75) is 25.9 Å². The van der Waals surface area contributed by atoms with Crippen LogP contribution in [0.15, 0.2) is 53.7 Å². The summed E-state index contributed by atoms with van der Waals surface area (Å²) < 4.78 is 5.17. The number of H-pyrrole nitrogens is 1. The topological polar surface area (TPSA) is 46.6 Å². The van der Waals surface area contributed by atoms with Crippen molar-refractivity contribution in [1.29, 1.82) is 0 Å². The zero-order valence-corrected chi connectivity index (χ0v) is 13.7. The summed E-state index contributed by atoms with van der Waals surface area (Å²) in [5, 5.41) is 5.69. The number of rotatable bonds is 4. The summed E-state index contributed by atoms with van der Waals surface area (Å²) >= 11 is 0. The van der Waals surface area contributed by atoms with E-state index in [0.717, 1.165) is 36.3 Å². The molecule has 0 saturated heterocycles. The fraction of sp³-hybridized carbons (Fsp3) is 0.250. The van der Waals surface area contributed by atoms with Crippen molar-refractivity contribution in [1.82, 2.24) is 4.98 Å². The van der Waals surface area contributed by atoms with Crippen LogP contribution in [0.25, 0.3) is 10.9 Å². The molecule has 1 aliphatic carbocycles. The van der Waals surface area contributed by atoms with E-state index < -0.39 is 0 Å². The minimum absolute atomic E-state index is 0.463. The number of hydrogen-bond donors (Lipinski definition) is 1. The Bertz CT molecular complexity index is 878. The molecule has 0 unspecified atom stereocenters. The number of methoxy groups -OCH3 is 1. The number of aromatic amines is 1. The average molecular weight is 320 g/mol. The van der Waals surface area contributed by atoms with Crippen molar-refractivity contribution >= 4 is 16.6 Å². The number of benzene rings is 2. The average Bonchev–Trinajstić information content (AvgIpc) is 3.02. The van der Waals surface area contributed by atoms with Gasteiger partial charge in [0.1, 0.15) is 12.4 Å². The quantitative estimate of drug-likeness (QED) is 0.723. The van der Waals surface area contributed by atoms with E-state index in [1.165, 1.54) is 22.2 Å². The Balaban J connectivity index is 1.55. The van der Waals surface area contributed by atoms with Gasteiger partial charge < -0.3 is 14.6 Å². The van der Waals surface area contributed by atoms with Crippen molar-refractivity contribution in [3.05, 3.63) is 65.4 Å². The smallest absolute Gasteiger partial charge is 0.142 e. The number of ether oxygens (including phenoxy) is 1. The second-order valence-electron chi connectivity index (χ2n) is 6.04. The summed E-state index contributed by atoms with van der Waals surface area (Å²) in [6.45, 7) is 0.463. The third-order valence-electron chi connectivity index (χ3n) is 4.48. The minimum Gasteiger partial charge on any atom is -0.497 e. The molecule has 0 atom stereocenters. The van der Waals surface area contributed by atoms with Crippen molar-refractivity contribution in [2.75, 3.05) is 7.11 Å². The minimum atomic E-state index is 0.463. The predicted molar refractivity (Wildman–Crippen MR) is 95.6 cm³/mol. The molecule has 0 aliphatic heterocycles. The van der Waals surface area contributed by atoms with Crippen LogP contribution < -0.4 is 4.74 Å². The highest BCUT2D eigenvalue weighted by Gasteiger charge is 2.21. The van der Waals surface area contributed by atoms with Gasteiger partial charge in [-0.15, -0.1) is 0 Å². The molecule has 4 rings (SSSR count). The predicted octanol–water partition coefficient (Wildman–Crippen LogP) is 4.43. The van der Waals surface area contributed by atoms with Crippen LogP contribution >= 0.6 is 0 Å². The van der Waals surface area contributed by atoms with Crippen molar-refractivity contribution < 1.29 is 9.57 Å². The Kier molecular flexibility index (Phi) is 3.95. The van der Waals surface area contributed by atoms with Crippen LogP contribution in [0, 0.1) is 0 Å². The zero-order chi connectivity index (χ0) is 16.4. The monoisotopic (exact) mass is 320 g/mol. The number of oxime groups is 1. The van der Waals surface area contributed by atoms with Gasteiger partial charge in [0.2, 0.25) is 0 Å². The first-order valence-electron chi connectivity index (χ1n) is 8.27. The molecular weight excluding hydrogens is 300 g/mol. The summed E-state index contributed by atoms with van der Waals surface area (Å²) in [6.07, 6.45) is 3.13. The first kappa shape index (κ1) is 14.8. The second kappa shape index (κ2) is 6.40. The summed E-state index contributed by atoms with van der Waals surface area (Å²) in [4.78, 5) is 9.16. The molecule has 0 saturated carbocycles. The maximum absolute atomic E-state index is 5.64. The highest BCUT2D eigenvalue weighted by molar-refractivity contribution is 6.12. The number of nitrogens with one attached hydrogen (secondary N) is 1. The summed E-state index contributed by atoms with van der Waals surface area (Å²) in [7, 11) is 1.67. The highest BCUT2D eigenvalue weighted by Crippen LogP contribution is 2.29. The van der Waals surface area contributed by atoms with Gasteiger partial charge in [0, 0.05) is 22.2 Å². The largest absolute Gasteiger partial charge is 0.497 e. The van der Waals surface area contributed by atoms with E-state index in [2.05, 4.69) is 34.4 Å². The van der Waals surface area contributed by atoms with Gasteiger partial charge in [-0.05, 0) is 43.0 Å². The van der Waals surface area contributed by atoms with Gasteiger partial charge in [0.15, 0.2) is 0 Å². The van der Waals surface area contributed by atoms with Gasteiger partial charge >= 0.3 is 0 Å². The third-order valence-corrected chi connectivity index (χ3v) is 4.48. The SMILES string of the molecule is COc1ccc(CON=C2CCCc3[nH]c4ccccc4c32)cc1. The molecule has 24 heavy (non-hydrogen) atoms. The van der Waals surface area contributed by atoms with Crippen LogP contribution in [0.5, 0.6) is 5.75 Å². The van der Waals surface area contributed by atoms with Gasteiger partial charge in [0.25, 0.3) is 0 Å². The van der Waals surface area contributed by atoms with E-state index in [0.29, 0.717) is 6.61 Å². The zero-order valence-electron chi connectivity index (χ0n) is 13.7. The molecular formula is C20H20N2O2. The molecule has 1 N–H and O–H groups in total. The van der Waals surface area contributed by atoms with Gasteiger partial charge in [-0.2, -0.15) is 0 Å². The van der Waals surface area contributed by atoms with Crippen LogP contribution in [0.4, 0.5) is 0 Å². The van der Waals surface area contributed by atoms with E-state index in [9.17, 15) is 0 Å². The van der Waals surface area contributed by atoms with Crippen LogP contribution in [-0.4, -0.2) is 17.8 Å². The molecule has 1 heterocycles. The van der Waals surface area contributed by atoms with Crippen molar-refractivity contribution in [3.8, 4) is 5.75 Å². The maximum atomic E-state index is 5.64. The third kappa shape index (κ3) is 2.75. The molecule has 2 aromatic carbocycles. The fourth-order valence-corrected chi connectivity index (χ4v) is 3.27. The lowest BCUT2D eigenvalue weighted by Crippen LogP contribution is -2.11. The molecule has 0 amide bonds.